The van der Waals surface area contributed by atoms with E-state index in [0.29, 0.717) is 11.5 Å². The number of hydrogen-bond acceptors (Lipinski definition) is 4. The van der Waals surface area contributed by atoms with Crippen molar-refractivity contribution in [3.05, 3.63) is 35.7 Å². The summed E-state index contributed by atoms with van der Waals surface area (Å²) in [5, 5.41) is 0. The van der Waals surface area contributed by atoms with Crippen molar-refractivity contribution in [2.75, 3.05) is 0 Å². The van der Waals surface area contributed by atoms with Gasteiger partial charge in [0, 0.05) is 16.2 Å². The Morgan fingerprint density at radius 2 is 2.00 bits per heavy atom. The smallest absolute Gasteiger partial charge is 0.261 e. The zero-order valence-corrected chi connectivity index (χ0v) is 10.8. The van der Waals surface area contributed by atoms with E-state index in [0.717, 1.165) is 11.3 Å². The summed E-state index contributed by atoms with van der Waals surface area (Å²) in [6.07, 6.45) is 1.51. The second-order valence-corrected chi connectivity index (χ2v) is 6.27. The molecule has 0 atom stereocenters. The molecule has 0 fully saturated rings. The number of nitrogens with zero attached hydrogens (tertiary/aromatic N) is 1. The lowest BCUT2D eigenvalue weighted by Gasteiger charge is -2.03. The molecule has 0 aliphatic carbocycles. The Labute approximate surface area is 104 Å². The molecule has 4 nitrogen and oxygen atoms in total. The molecule has 0 N–H and O–H groups in total. The van der Waals surface area contributed by atoms with E-state index in [-0.39, 0.29) is 4.90 Å². The predicted octanol–water partition coefficient (Wildman–Crippen LogP) is 2.89. The molecule has 1 aromatic carbocycles. The third kappa shape index (κ3) is 2.50. The minimum Gasteiger partial charge on any atom is -0.444 e. The molecule has 2 rings (SSSR count). The van der Waals surface area contributed by atoms with Crippen LogP contribution in [0.25, 0.3) is 11.5 Å². The molecule has 1 aromatic heterocycles. The lowest BCUT2D eigenvalue weighted by molar-refractivity contribution is 0.573. The Morgan fingerprint density at radius 1 is 1.29 bits per heavy atom. The summed E-state index contributed by atoms with van der Waals surface area (Å²) in [7, 11) is 1.56. The van der Waals surface area contributed by atoms with Gasteiger partial charge in [0.25, 0.3) is 9.05 Å². The van der Waals surface area contributed by atoms with Gasteiger partial charge in [-0.15, -0.1) is 0 Å². The van der Waals surface area contributed by atoms with Crippen LogP contribution in [0, 0.1) is 13.8 Å². The number of hydrogen-bond donors (Lipinski definition) is 0. The summed E-state index contributed by atoms with van der Waals surface area (Å²) in [6.45, 7) is 3.64. The van der Waals surface area contributed by atoms with Gasteiger partial charge in [-0.05, 0) is 31.5 Å². The molecule has 0 radical (unpaired) electrons. The fourth-order valence-electron chi connectivity index (χ4n) is 1.46. The van der Waals surface area contributed by atoms with Gasteiger partial charge in [-0.3, -0.25) is 0 Å². The van der Waals surface area contributed by atoms with Crippen LogP contribution in [0.3, 0.4) is 0 Å². The zero-order valence-electron chi connectivity index (χ0n) is 9.27. The fraction of sp³-hybridized carbons (Fsp3) is 0.182. The van der Waals surface area contributed by atoms with Crippen LogP contribution < -0.4 is 0 Å². The Bertz CT molecular complexity index is 661. The van der Waals surface area contributed by atoms with Crippen LogP contribution in [0.2, 0.25) is 0 Å². The van der Waals surface area contributed by atoms with Crippen LogP contribution in [0.4, 0.5) is 0 Å². The highest BCUT2D eigenvalue weighted by atomic mass is 35.7. The molecule has 17 heavy (non-hydrogen) atoms. The normalized spacial score (nSPS) is 11.7. The molecule has 6 heteroatoms. The average Bonchev–Trinajstić information content (AvgIpc) is 2.63. The summed E-state index contributed by atoms with van der Waals surface area (Å²) in [5.74, 6) is 0.391. The molecule has 0 amide bonds. The molecule has 2 aromatic rings. The van der Waals surface area contributed by atoms with E-state index in [4.69, 9.17) is 15.1 Å². The molecular weight excluding hydrogens is 262 g/mol. The highest BCUT2D eigenvalue weighted by Gasteiger charge is 2.15. The summed E-state index contributed by atoms with van der Waals surface area (Å²) in [5.41, 5.74) is 2.23. The van der Waals surface area contributed by atoms with Gasteiger partial charge in [0.1, 0.15) is 6.26 Å². The molecule has 0 spiro atoms. The SMILES string of the molecule is Cc1coc(-c2cc(S(=O)(=O)Cl)ccc2C)n1. The van der Waals surface area contributed by atoms with Gasteiger partial charge in [0.15, 0.2) is 0 Å². The molecule has 0 bridgehead atoms. The number of benzene rings is 1. The van der Waals surface area contributed by atoms with E-state index in [1.807, 2.05) is 6.92 Å². The maximum atomic E-state index is 11.2. The lowest BCUT2D eigenvalue weighted by Crippen LogP contribution is -1.93. The largest absolute Gasteiger partial charge is 0.444 e. The van der Waals surface area contributed by atoms with E-state index < -0.39 is 9.05 Å². The number of halogens is 1. The van der Waals surface area contributed by atoms with Crippen LogP contribution in [0.5, 0.6) is 0 Å². The highest BCUT2D eigenvalue weighted by molar-refractivity contribution is 8.13. The van der Waals surface area contributed by atoms with Gasteiger partial charge < -0.3 is 4.42 Å². The first-order valence-electron chi connectivity index (χ1n) is 4.86. The maximum absolute atomic E-state index is 11.2. The monoisotopic (exact) mass is 271 g/mol. The number of rotatable bonds is 2. The second-order valence-electron chi connectivity index (χ2n) is 3.71. The van der Waals surface area contributed by atoms with Gasteiger partial charge in [-0.25, -0.2) is 13.4 Å². The first-order valence-corrected chi connectivity index (χ1v) is 7.16. The van der Waals surface area contributed by atoms with Crippen molar-refractivity contribution in [2.24, 2.45) is 0 Å². The fourth-order valence-corrected chi connectivity index (χ4v) is 2.24. The van der Waals surface area contributed by atoms with Gasteiger partial charge in [-0.2, -0.15) is 0 Å². The third-order valence-corrected chi connectivity index (χ3v) is 3.69. The van der Waals surface area contributed by atoms with Crippen molar-refractivity contribution in [3.8, 4) is 11.5 Å². The Kier molecular flexibility index (Phi) is 2.97. The topological polar surface area (TPSA) is 60.2 Å². The summed E-state index contributed by atoms with van der Waals surface area (Å²) < 4.78 is 27.7. The third-order valence-electron chi connectivity index (χ3n) is 2.34. The van der Waals surface area contributed by atoms with Crippen molar-refractivity contribution < 1.29 is 12.8 Å². The average molecular weight is 272 g/mol. The van der Waals surface area contributed by atoms with Crippen LogP contribution >= 0.6 is 10.7 Å². The Hall–Kier alpha value is -1.33. The predicted molar refractivity (Wildman–Crippen MR) is 64.5 cm³/mol. The van der Waals surface area contributed by atoms with Crippen LogP contribution in [-0.4, -0.2) is 13.4 Å². The number of aromatic nitrogens is 1. The Balaban J connectivity index is 2.62. The van der Waals surface area contributed by atoms with Crippen LogP contribution in [0.15, 0.2) is 33.8 Å². The minimum absolute atomic E-state index is 0.0376. The summed E-state index contributed by atoms with van der Waals surface area (Å²) in [6, 6.07) is 4.59. The zero-order chi connectivity index (χ0) is 12.6. The highest BCUT2D eigenvalue weighted by Crippen LogP contribution is 2.27. The molecule has 0 aliphatic rings. The van der Waals surface area contributed by atoms with E-state index in [9.17, 15) is 8.42 Å². The van der Waals surface area contributed by atoms with Crippen molar-refractivity contribution >= 4 is 19.7 Å². The molecule has 0 saturated heterocycles. The van der Waals surface area contributed by atoms with Gasteiger partial charge >= 0.3 is 0 Å². The Morgan fingerprint density at radius 3 is 2.53 bits per heavy atom. The molecule has 0 unspecified atom stereocenters. The van der Waals surface area contributed by atoms with E-state index in [1.54, 1.807) is 13.0 Å². The molecular formula is C11H10ClNO3S. The molecule has 90 valence electrons. The second kappa shape index (κ2) is 4.16. The number of aryl methyl sites for hydroxylation is 2. The van der Waals surface area contributed by atoms with Crippen LogP contribution in [0.1, 0.15) is 11.3 Å². The maximum Gasteiger partial charge on any atom is 0.261 e. The van der Waals surface area contributed by atoms with Gasteiger partial charge in [-0.1, -0.05) is 6.07 Å². The molecule has 1 heterocycles. The van der Waals surface area contributed by atoms with E-state index in [1.165, 1.54) is 18.4 Å². The van der Waals surface area contributed by atoms with Crippen molar-refractivity contribution in [3.63, 3.8) is 0 Å². The first-order chi connectivity index (χ1) is 7.88. The van der Waals surface area contributed by atoms with Gasteiger partial charge in [0.2, 0.25) is 5.89 Å². The van der Waals surface area contributed by atoms with Crippen molar-refractivity contribution in [1.82, 2.24) is 4.98 Å². The number of oxazole rings is 1. The van der Waals surface area contributed by atoms with Gasteiger partial charge in [0.05, 0.1) is 10.6 Å². The van der Waals surface area contributed by atoms with E-state index in [2.05, 4.69) is 4.98 Å². The molecule has 0 aliphatic heterocycles. The van der Waals surface area contributed by atoms with Crippen LogP contribution in [-0.2, 0) is 9.05 Å². The summed E-state index contributed by atoms with van der Waals surface area (Å²) in [4.78, 5) is 4.20. The van der Waals surface area contributed by atoms with Crippen molar-refractivity contribution in [2.45, 2.75) is 18.7 Å². The standard InChI is InChI=1S/C11H10ClNO3S/c1-7-3-4-9(17(12,14)15)5-10(7)11-13-8(2)6-16-11/h3-6H,1-2H3. The lowest BCUT2D eigenvalue weighted by atomic mass is 10.1. The van der Waals surface area contributed by atoms with Crippen molar-refractivity contribution in [1.29, 1.82) is 0 Å². The molecule has 0 saturated carbocycles. The van der Waals surface area contributed by atoms with E-state index >= 15 is 0 Å². The quantitative estimate of drug-likeness (QED) is 0.788. The first kappa shape index (κ1) is 12.1. The minimum atomic E-state index is -3.74. The summed E-state index contributed by atoms with van der Waals surface area (Å²) >= 11 is 0.